The first-order valence-electron chi connectivity index (χ1n) is 9.25. The van der Waals surface area contributed by atoms with Gasteiger partial charge in [-0.3, -0.25) is 4.79 Å². The number of likely N-dealkylation sites (N-methyl/N-ethyl adjacent to an activating group) is 1. The molecule has 0 bridgehead atoms. The Kier molecular flexibility index (Phi) is 9.14. The van der Waals surface area contributed by atoms with Crippen LogP contribution >= 0.6 is 11.3 Å². The maximum Gasteiger partial charge on any atom is 0.257 e. The zero-order valence-corrected chi connectivity index (χ0v) is 17.4. The number of rotatable bonds is 10. The van der Waals surface area contributed by atoms with Crippen molar-refractivity contribution in [3.8, 4) is 11.5 Å². The summed E-state index contributed by atoms with van der Waals surface area (Å²) in [5.41, 5.74) is 2.21. The lowest BCUT2D eigenvalue weighted by Crippen LogP contribution is -2.36. The van der Waals surface area contributed by atoms with Gasteiger partial charge in [0.05, 0.1) is 13.7 Å². The van der Waals surface area contributed by atoms with Gasteiger partial charge in [0.1, 0.15) is 0 Å². The highest BCUT2D eigenvalue weighted by Crippen LogP contribution is 2.28. The van der Waals surface area contributed by atoms with Crippen molar-refractivity contribution in [2.75, 3.05) is 26.8 Å². The largest absolute Gasteiger partial charge is 0.493 e. The molecule has 0 fully saturated rings. The van der Waals surface area contributed by atoms with Gasteiger partial charge < -0.3 is 25.4 Å². The van der Waals surface area contributed by atoms with Crippen molar-refractivity contribution < 1.29 is 14.3 Å². The number of carbonyl (C=O) groups is 1. The Morgan fingerprint density at radius 1 is 1.07 bits per heavy atom. The fraction of sp³-hybridized carbons (Fsp3) is 0.400. The van der Waals surface area contributed by atoms with Gasteiger partial charge >= 0.3 is 0 Å². The van der Waals surface area contributed by atoms with Gasteiger partial charge in [-0.15, -0.1) is 0 Å². The fourth-order valence-corrected chi connectivity index (χ4v) is 3.07. The lowest BCUT2D eigenvalue weighted by Gasteiger charge is -2.14. The van der Waals surface area contributed by atoms with Crippen LogP contribution < -0.4 is 25.4 Å². The molecule has 0 radical (unpaired) electrons. The third kappa shape index (κ3) is 7.11. The topological polar surface area (TPSA) is 84.0 Å². The molecule has 7 nitrogen and oxygen atoms in total. The third-order valence-electron chi connectivity index (χ3n) is 3.76. The molecular weight excluding hydrogens is 376 g/mol. The van der Waals surface area contributed by atoms with Crippen LogP contribution in [-0.2, 0) is 17.9 Å². The van der Waals surface area contributed by atoms with E-state index in [4.69, 9.17) is 9.47 Å². The van der Waals surface area contributed by atoms with E-state index in [1.165, 1.54) is 5.56 Å². The van der Waals surface area contributed by atoms with Crippen LogP contribution in [0.25, 0.3) is 0 Å². The molecular formula is C20H28N4O3S. The normalized spacial score (nSPS) is 11.0. The Morgan fingerprint density at radius 2 is 1.89 bits per heavy atom. The van der Waals surface area contributed by atoms with Gasteiger partial charge in [0, 0.05) is 19.6 Å². The zero-order valence-electron chi connectivity index (χ0n) is 16.6. The van der Waals surface area contributed by atoms with Crippen LogP contribution in [0.15, 0.2) is 40.0 Å². The van der Waals surface area contributed by atoms with E-state index in [0.717, 1.165) is 18.1 Å². The number of guanidine groups is 1. The van der Waals surface area contributed by atoms with E-state index in [1.807, 2.05) is 37.4 Å². The molecule has 0 aliphatic carbocycles. The highest BCUT2D eigenvalue weighted by Gasteiger charge is 2.09. The Hall–Kier alpha value is -2.74. The summed E-state index contributed by atoms with van der Waals surface area (Å²) in [7, 11) is 1.58. The number of hydrogen-bond acceptors (Lipinski definition) is 5. The number of ether oxygens (including phenoxy) is 2. The molecule has 3 N–H and O–H groups in total. The number of nitrogens with one attached hydrogen (secondary N) is 3. The van der Waals surface area contributed by atoms with Crippen molar-refractivity contribution >= 4 is 23.2 Å². The molecule has 8 heteroatoms. The van der Waals surface area contributed by atoms with Crippen LogP contribution in [0.4, 0.5) is 0 Å². The maximum atomic E-state index is 11.6. The van der Waals surface area contributed by atoms with E-state index < -0.39 is 0 Å². The number of aliphatic imine (C=N–C) groups is 1. The predicted octanol–water partition coefficient (Wildman–Crippen LogP) is 2.53. The summed E-state index contributed by atoms with van der Waals surface area (Å²) in [4.78, 5) is 16.2. The quantitative estimate of drug-likeness (QED) is 0.419. The van der Waals surface area contributed by atoms with Crippen molar-refractivity contribution in [2.24, 2.45) is 4.99 Å². The number of carbonyl (C=O) groups excluding carboxylic acids is 1. The summed E-state index contributed by atoms with van der Waals surface area (Å²) >= 11 is 1.67. The standard InChI is InChI=1S/C20H28N4O3S/c1-4-21-19(25)13-27-17-7-6-15(10-18(17)26-3)11-23-20(22-5-2)24-12-16-8-9-28-14-16/h6-10,14H,4-5,11-13H2,1-3H3,(H,21,25)(H2,22,23,24). The highest BCUT2D eigenvalue weighted by molar-refractivity contribution is 7.07. The summed E-state index contributed by atoms with van der Waals surface area (Å²) in [5.74, 6) is 1.72. The molecule has 2 aromatic rings. The van der Waals surface area contributed by atoms with Gasteiger partial charge in [0.2, 0.25) is 0 Å². The number of nitrogens with zero attached hydrogens (tertiary/aromatic N) is 1. The minimum Gasteiger partial charge on any atom is -0.493 e. The lowest BCUT2D eigenvalue weighted by molar-refractivity contribution is -0.123. The van der Waals surface area contributed by atoms with Crippen LogP contribution in [0.3, 0.4) is 0 Å². The van der Waals surface area contributed by atoms with Crippen molar-refractivity contribution in [3.05, 3.63) is 46.2 Å². The number of methoxy groups -OCH3 is 1. The number of hydrogen-bond donors (Lipinski definition) is 3. The highest BCUT2D eigenvalue weighted by atomic mass is 32.1. The van der Waals surface area contributed by atoms with Gasteiger partial charge in [0.15, 0.2) is 24.1 Å². The van der Waals surface area contributed by atoms with Crippen LogP contribution in [0, 0.1) is 0 Å². The first kappa shape index (κ1) is 21.6. The fourth-order valence-electron chi connectivity index (χ4n) is 2.41. The van der Waals surface area contributed by atoms with E-state index in [1.54, 1.807) is 18.4 Å². The molecule has 1 aromatic carbocycles. The Morgan fingerprint density at radius 3 is 2.57 bits per heavy atom. The second-order valence-corrected chi connectivity index (χ2v) is 6.69. The van der Waals surface area contributed by atoms with Crippen LogP contribution in [-0.4, -0.2) is 38.7 Å². The molecule has 1 amide bonds. The molecule has 152 valence electrons. The number of benzene rings is 1. The molecule has 0 saturated heterocycles. The predicted molar refractivity (Wildman–Crippen MR) is 113 cm³/mol. The van der Waals surface area contributed by atoms with E-state index in [2.05, 4.69) is 32.4 Å². The SMILES string of the molecule is CCNC(=O)COc1ccc(CNC(=NCc2ccsc2)NCC)cc1OC. The Bertz CT molecular complexity index is 763. The lowest BCUT2D eigenvalue weighted by atomic mass is 10.2. The van der Waals surface area contributed by atoms with Crippen LogP contribution in [0.5, 0.6) is 11.5 Å². The molecule has 28 heavy (non-hydrogen) atoms. The monoisotopic (exact) mass is 404 g/mol. The molecule has 2 rings (SSSR count). The second kappa shape index (κ2) is 11.9. The number of amides is 1. The maximum absolute atomic E-state index is 11.6. The van der Waals surface area contributed by atoms with Gasteiger partial charge in [-0.25, -0.2) is 4.99 Å². The van der Waals surface area contributed by atoms with Crippen LogP contribution in [0.1, 0.15) is 25.0 Å². The molecule has 1 aromatic heterocycles. The smallest absolute Gasteiger partial charge is 0.257 e. The zero-order chi connectivity index (χ0) is 20.2. The van der Waals surface area contributed by atoms with Crippen molar-refractivity contribution in [1.82, 2.24) is 16.0 Å². The Labute approximate surface area is 170 Å². The minimum atomic E-state index is -0.160. The summed E-state index contributed by atoms with van der Waals surface area (Å²) < 4.78 is 10.9. The summed E-state index contributed by atoms with van der Waals surface area (Å²) in [5, 5.41) is 13.4. The molecule has 0 atom stereocenters. The summed E-state index contributed by atoms with van der Waals surface area (Å²) in [6.45, 7) is 6.44. The molecule has 1 heterocycles. The van der Waals surface area contributed by atoms with Crippen molar-refractivity contribution in [2.45, 2.75) is 26.9 Å². The van der Waals surface area contributed by atoms with Gasteiger partial charge in [-0.1, -0.05) is 6.07 Å². The third-order valence-corrected chi connectivity index (χ3v) is 4.50. The first-order valence-corrected chi connectivity index (χ1v) is 10.2. The van der Waals surface area contributed by atoms with Crippen LogP contribution in [0.2, 0.25) is 0 Å². The van der Waals surface area contributed by atoms with Gasteiger partial charge in [-0.05, 0) is 53.9 Å². The molecule has 0 aliphatic heterocycles. The second-order valence-electron chi connectivity index (χ2n) is 5.91. The van der Waals surface area contributed by atoms with Gasteiger partial charge in [0.25, 0.3) is 5.91 Å². The molecule has 0 saturated carbocycles. The average molecular weight is 405 g/mol. The van der Waals surface area contributed by atoms with Gasteiger partial charge in [-0.2, -0.15) is 11.3 Å². The van der Waals surface area contributed by atoms with E-state index >= 15 is 0 Å². The summed E-state index contributed by atoms with van der Waals surface area (Å²) in [6.07, 6.45) is 0. The minimum absolute atomic E-state index is 0.0401. The van der Waals surface area contributed by atoms with E-state index in [-0.39, 0.29) is 12.5 Å². The Balaban J connectivity index is 1.96. The first-order chi connectivity index (χ1) is 13.7. The molecule has 0 aliphatic rings. The molecule has 0 spiro atoms. The number of thiophene rings is 1. The van der Waals surface area contributed by atoms with Crippen molar-refractivity contribution in [3.63, 3.8) is 0 Å². The van der Waals surface area contributed by atoms with E-state index in [0.29, 0.717) is 31.1 Å². The van der Waals surface area contributed by atoms with E-state index in [9.17, 15) is 4.79 Å². The molecule has 0 unspecified atom stereocenters. The van der Waals surface area contributed by atoms with Crippen molar-refractivity contribution in [1.29, 1.82) is 0 Å². The average Bonchev–Trinajstić information content (AvgIpc) is 3.22. The summed E-state index contributed by atoms with van der Waals surface area (Å²) in [6, 6.07) is 7.71.